The summed E-state index contributed by atoms with van der Waals surface area (Å²) in [5.41, 5.74) is 4.17. The molecule has 2 rings (SSSR count). The first-order valence-corrected chi connectivity index (χ1v) is 8.38. The molecule has 0 aliphatic rings. The Morgan fingerprint density at radius 3 is 2.52 bits per heavy atom. The van der Waals surface area contributed by atoms with Gasteiger partial charge in [0.2, 0.25) is 0 Å². The van der Waals surface area contributed by atoms with E-state index in [0.717, 1.165) is 36.3 Å². The molecule has 0 aromatic heterocycles. The number of rotatable bonds is 9. The lowest BCUT2D eigenvalue weighted by Gasteiger charge is -2.13. The van der Waals surface area contributed by atoms with Crippen LogP contribution in [0.4, 0.5) is 0 Å². The van der Waals surface area contributed by atoms with Crippen molar-refractivity contribution in [3.05, 3.63) is 65.7 Å². The van der Waals surface area contributed by atoms with Crippen LogP contribution in [-0.4, -0.2) is 25.8 Å². The van der Waals surface area contributed by atoms with Crippen LogP contribution in [0.1, 0.15) is 37.0 Å². The molecule has 132 valence electrons. The Bertz CT molecular complexity index is 669. The zero-order valence-electron chi connectivity index (χ0n) is 14.6. The van der Waals surface area contributed by atoms with Gasteiger partial charge in [-0.25, -0.2) is 5.43 Å². The number of methoxy groups -OCH3 is 1. The number of hydrazone groups is 1. The molecule has 2 aromatic rings. The van der Waals surface area contributed by atoms with E-state index in [1.165, 1.54) is 7.11 Å². The molecule has 0 bridgehead atoms. The number of ether oxygens (including phenoxy) is 2. The van der Waals surface area contributed by atoms with E-state index in [9.17, 15) is 4.79 Å². The first kappa shape index (κ1) is 18.7. The Morgan fingerprint density at radius 2 is 1.88 bits per heavy atom. The zero-order chi connectivity index (χ0) is 17.9. The number of nitrogens with one attached hydrogen (secondary N) is 1. The maximum absolute atomic E-state index is 12.2. The van der Waals surface area contributed by atoms with E-state index in [0.29, 0.717) is 0 Å². The standard InChI is InChI=1S/C20H24N2O3/c1-3-4-14-25-18-12-10-16(11-13-18)15-21-22-20(23)19(24-2)17-8-6-5-7-9-17/h5-13,15,19H,3-4,14H2,1-2H3,(H,22,23)/b21-15+. The molecule has 25 heavy (non-hydrogen) atoms. The van der Waals surface area contributed by atoms with Crippen molar-refractivity contribution in [2.45, 2.75) is 25.9 Å². The fourth-order valence-corrected chi connectivity index (χ4v) is 2.24. The molecule has 1 amide bonds. The normalized spacial score (nSPS) is 12.1. The summed E-state index contributed by atoms with van der Waals surface area (Å²) in [5.74, 6) is 0.516. The van der Waals surface area contributed by atoms with Gasteiger partial charge in [0.05, 0.1) is 12.8 Å². The summed E-state index contributed by atoms with van der Waals surface area (Å²) in [5, 5.41) is 4.00. The Labute approximate surface area is 148 Å². The SMILES string of the molecule is CCCCOc1ccc(/C=N/NC(=O)C(OC)c2ccccc2)cc1. The molecular weight excluding hydrogens is 316 g/mol. The lowest BCUT2D eigenvalue weighted by molar-refractivity contribution is -0.131. The van der Waals surface area contributed by atoms with E-state index in [2.05, 4.69) is 17.5 Å². The predicted octanol–water partition coefficient (Wildman–Crippen LogP) is 3.70. The fourth-order valence-electron chi connectivity index (χ4n) is 2.24. The smallest absolute Gasteiger partial charge is 0.273 e. The number of carbonyl (C=O) groups is 1. The van der Waals surface area contributed by atoms with Gasteiger partial charge in [-0.2, -0.15) is 5.10 Å². The largest absolute Gasteiger partial charge is 0.494 e. The van der Waals surface area contributed by atoms with Crippen molar-refractivity contribution in [1.29, 1.82) is 0 Å². The van der Waals surface area contributed by atoms with Crippen molar-refractivity contribution in [3.63, 3.8) is 0 Å². The topological polar surface area (TPSA) is 59.9 Å². The van der Waals surface area contributed by atoms with E-state index >= 15 is 0 Å². The lowest BCUT2D eigenvalue weighted by Crippen LogP contribution is -2.26. The van der Waals surface area contributed by atoms with Crippen LogP contribution in [0, 0.1) is 0 Å². The molecule has 0 aliphatic heterocycles. The van der Waals surface area contributed by atoms with Crippen LogP contribution in [-0.2, 0) is 9.53 Å². The van der Waals surface area contributed by atoms with Crippen molar-refractivity contribution < 1.29 is 14.3 Å². The third-order valence-electron chi connectivity index (χ3n) is 3.61. The number of carbonyl (C=O) groups excluding carboxylic acids is 1. The van der Waals surface area contributed by atoms with Gasteiger partial charge in [-0.3, -0.25) is 4.79 Å². The third kappa shape index (κ3) is 6.04. The molecule has 1 N–H and O–H groups in total. The van der Waals surface area contributed by atoms with Crippen molar-refractivity contribution in [2.24, 2.45) is 5.10 Å². The number of nitrogens with zero attached hydrogens (tertiary/aromatic N) is 1. The summed E-state index contributed by atoms with van der Waals surface area (Å²) in [4.78, 5) is 12.2. The Morgan fingerprint density at radius 1 is 1.16 bits per heavy atom. The summed E-state index contributed by atoms with van der Waals surface area (Å²) in [6.07, 6.45) is 3.05. The number of hydrogen-bond acceptors (Lipinski definition) is 4. The molecule has 0 saturated carbocycles. The van der Waals surface area contributed by atoms with Gasteiger partial charge >= 0.3 is 0 Å². The molecule has 0 fully saturated rings. The van der Waals surface area contributed by atoms with Crippen LogP contribution < -0.4 is 10.2 Å². The molecule has 1 unspecified atom stereocenters. The second kappa shape index (κ2) is 10.3. The van der Waals surface area contributed by atoms with Crippen molar-refractivity contribution in [1.82, 2.24) is 5.43 Å². The molecule has 0 saturated heterocycles. The molecule has 5 nitrogen and oxygen atoms in total. The highest BCUT2D eigenvalue weighted by atomic mass is 16.5. The van der Waals surface area contributed by atoms with Gasteiger partial charge in [0.15, 0.2) is 6.10 Å². The minimum atomic E-state index is -0.687. The predicted molar refractivity (Wildman–Crippen MR) is 98.8 cm³/mol. The second-order valence-electron chi connectivity index (χ2n) is 5.53. The summed E-state index contributed by atoms with van der Waals surface area (Å²) in [7, 11) is 1.50. The first-order valence-electron chi connectivity index (χ1n) is 8.38. The zero-order valence-corrected chi connectivity index (χ0v) is 14.6. The van der Waals surface area contributed by atoms with E-state index in [1.807, 2.05) is 54.6 Å². The fraction of sp³-hybridized carbons (Fsp3) is 0.300. The minimum absolute atomic E-state index is 0.315. The maximum atomic E-state index is 12.2. The van der Waals surface area contributed by atoms with Gasteiger partial charge in [-0.1, -0.05) is 43.7 Å². The van der Waals surface area contributed by atoms with Gasteiger partial charge < -0.3 is 9.47 Å². The monoisotopic (exact) mass is 340 g/mol. The maximum Gasteiger partial charge on any atom is 0.273 e. The molecule has 0 heterocycles. The van der Waals surface area contributed by atoms with Crippen LogP contribution in [0.3, 0.4) is 0 Å². The molecule has 5 heteroatoms. The van der Waals surface area contributed by atoms with Crippen LogP contribution in [0.15, 0.2) is 59.7 Å². The summed E-state index contributed by atoms with van der Waals surface area (Å²) in [6, 6.07) is 16.9. The van der Waals surface area contributed by atoms with Crippen molar-refractivity contribution in [3.8, 4) is 5.75 Å². The van der Waals surface area contributed by atoms with Gasteiger partial charge in [-0.15, -0.1) is 0 Å². The highest BCUT2D eigenvalue weighted by Gasteiger charge is 2.18. The van der Waals surface area contributed by atoms with Crippen LogP contribution in [0.2, 0.25) is 0 Å². The summed E-state index contributed by atoms with van der Waals surface area (Å²) in [6.45, 7) is 2.85. The van der Waals surface area contributed by atoms with E-state index in [1.54, 1.807) is 6.21 Å². The average Bonchev–Trinajstić information content (AvgIpc) is 2.65. The third-order valence-corrected chi connectivity index (χ3v) is 3.61. The van der Waals surface area contributed by atoms with Gasteiger partial charge in [0.1, 0.15) is 5.75 Å². The molecule has 0 aliphatic carbocycles. The second-order valence-corrected chi connectivity index (χ2v) is 5.53. The van der Waals surface area contributed by atoms with E-state index in [4.69, 9.17) is 9.47 Å². The van der Waals surface area contributed by atoms with Gasteiger partial charge in [0, 0.05) is 7.11 Å². The lowest BCUT2D eigenvalue weighted by atomic mass is 10.1. The average molecular weight is 340 g/mol. The number of hydrogen-bond donors (Lipinski definition) is 1. The van der Waals surface area contributed by atoms with Crippen molar-refractivity contribution >= 4 is 12.1 Å². The number of benzene rings is 2. The van der Waals surface area contributed by atoms with Crippen LogP contribution >= 0.6 is 0 Å². The Hall–Kier alpha value is -2.66. The van der Waals surface area contributed by atoms with Crippen molar-refractivity contribution in [2.75, 3.05) is 13.7 Å². The highest BCUT2D eigenvalue weighted by Crippen LogP contribution is 2.16. The quantitative estimate of drug-likeness (QED) is 0.430. The molecule has 0 spiro atoms. The molecule has 2 aromatic carbocycles. The number of amides is 1. The highest BCUT2D eigenvalue weighted by molar-refractivity contribution is 5.85. The minimum Gasteiger partial charge on any atom is -0.494 e. The summed E-state index contributed by atoms with van der Waals surface area (Å²) >= 11 is 0. The summed E-state index contributed by atoms with van der Waals surface area (Å²) < 4.78 is 10.9. The van der Waals surface area contributed by atoms with E-state index in [-0.39, 0.29) is 5.91 Å². The first-order chi connectivity index (χ1) is 12.2. The van der Waals surface area contributed by atoms with Crippen LogP contribution in [0.25, 0.3) is 0 Å². The Balaban J connectivity index is 1.88. The van der Waals surface area contributed by atoms with Crippen LogP contribution in [0.5, 0.6) is 5.75 Å². The Kier molecular flexibility index (Phi) is 7.66. The molecule has 0 radical (unpaired) electrons. The van der Waals surface area contributed by atoms with E-state index < -0.39 is 6.10 Å². The van der Waals surface area contributed by atoms with Gasteiger partial charge in [-0.05, 0) is 41.8 Å². The molecular formula is C20H24N2O3. The molecule has 1 atom stereocenters. The van der Waals surface area contributed by atoms with Gasteiger partial charge in [0.25, 0.3) is 5.91 Å². The number of unbranched alkanes of at least 4 members (excludes halogenated alkanes) is 1.